The van der Waals surface area contributed by atoms with Crippen LogP contribution in [0.4, 0.5) is 19.0 Å². The number of hydrogen-bond donors (Lipinski definition) is 2. The fraction of sp³-hybridized carbons (Fsp3) is 0.541. The summed E-state index contributed by atoms with van der Waals surface area (Å²) in [6.07, 6.45) is 7.76. The first-order valence-electron chi connectivity index (χ1n) is 17.5. The summed E-state index contributed by atoms with van der Waals surface area (Å²) in [6, 6.07) is 16.1. The summed E-state index contributed by atoms with van der Waals surface area (Å²) >= 11 is 0. The average molecular weight is 716 g/mol. The third-order valence-corrected chi connectivity index (χ3v) is 11.5. The molecule has 1 saturated carbocycles. The van der Waals surface area contributed by atoms with Gasteiger partial charge in [-0.25, -0.2) is 17.9 Å². The first-order chi connectivity index (χ1) is 23.8. The van der Waals surface area contributed by atoms with Gasteiger partial charge >= 0.3 is 12.1 Å². The van der Waals surface area contributed by atoms with E-state index in [1.165, 1.54) is 62.3 Å². The molecule has 2 N–H and O–H groups in total. The molecule has 0 bridgehead atoms. The van der Waals surface area contributed by atoms with Crippen LogP contribution >= 0.6 is 0 Å². The molecule has 2 atom stereocenters. The molecule has 1 saturated heterocycles. The summed E-state index contributed by atoms with van der Waals surface area (Å²) in [5.74, 6) is -0.859. The SMILES string of the molecule is CCCCCCCCCCNC1(C#N)CC1.Cc1cc(N2C[C@H](S(=O)(=O)c3ccccc3C(F)(F)F)C[C@@H]2C(=O)O)n(Cc2ccccc2)n1. The van der Waals surface area contributed by atoms with Crippen LogP contribution in [-0.4, -0.2) is 59.2 Å². The van der Waals surface area contributed by atoms with Crippen LogP contribution < -0.4 is 10.2 Å². The lowest BCUT2D eigenvalue weighted by molar-refractivity contribution is -0.140. The van der Waals surface area contributed by atoms with E-state index in [-0.39, 0.29) is 18.5 Å². The molecule has 272 valence electrons. The Hall–Kier alpha value is -3.89. The van der Waals surface area contributed by atoms with Crippen LogP contribution in [0.3, 0.4) is 0 Å². The summed E-state index contributed by atoms with van der Waals surface area (Å²) < 4.78 is 68.6. The molecule has 1 aliphatic heterocycles. The van der Waals surface area contributed by atoms with E-state index in [9.17, 15) is 31.5 Å². The number of aliphatic carboxylic acids is 1. The zero-order valence-electron chi connectivity index (χ0n) is 28.8. The van der Waals surface area contributed by atoms with Gasteiger partial charge < -0.3 is 10.0 Å². The summed E-state index contributed by atoms with van der Waals surface area (Å²) in [7, 11) is -4.48. The van der Waals surface area contributed by atoms with Crippen molar-refractivity contribution >= 4 is 21.6 Å². The van der Waals surface area contributed by atoms with E-state index in [0.29, 0.717) is 24.1 Å². The molecule has 0 radical (unpaired) electrons. The van der Waals surface area contributed by atoms with Crippen molar-refractivity contribution < 1.29 is 31.5 Å². The van der Waals surface area contributed by atoms with Crippen LogP contribution in [0.15, 0.2) is 65.6 Å². The number of alkyl halides is 3. The minimum atomic E-state index is -4.86. The van der Waals surface area contributed by atoms with Gasteiger partial charge in [0.1, 0.15) is 17.4 Å². The lowest BCUT2D eigenvalue weighted by Crippen LogP contribution is -2.37. The number of nitriles is 1. The quantitative estimate of drug-likeness (QED) is 0.146. The van der Waals surface area contributed by atoms with Gasteiger partial charge in [0.05, 0.1) is 34.0 Å². The predicted molar refractivity (Wildman–Crippen MR) is 187 cm³/mol. The van der Waals surface area contributed by atoms with Crippen molar-refractivity contribution in [1.82, 2.24) is 15.1 Å². The first-order valence-corrected chi connectivity index (χ1v) is 19.0. The van der Waals surface area contributed by atoms with Crippen LogP contribution in [0.5, 0.6) is 0 Å². The fourth-order valence-corrected chi connectivity index (χ4v) is 8.22. The van der Waals surface area contributed by atoms with Crippen molar-refractivity contribution in [2.45, 2.75) is 119 Å². The number of anilines is 1. The second-order valence-electron chi connectivity index (χ2n) is 13.3. The highest BCUT2D eigenvalue weighted by molar-refractivity contribution is 7.92. The van der Waals surface area contributed by atoms with E-state index in [1.54, 1.807) is 17.7 Å². The number of unbranched alkanes of at least 4 members (excludes halogenated alkanes) is 7. The Morgan fingerprint density at radius 2 is 1.64 bits per heavy atom. The maximum atomic E-state index is 13.5. The summed E-state index contributed by atoms with van der Waals surface area (Å²) in [5.41, 5.74) is 0.136. The summed E-state index contributed by atoms with van der Waals surface area (Å²) in [6.45, 7) is 5.06. The van der Waals surface area contributed by atoms with E-state index < -0.39 is 43.7 Å². The number of carboxylic acid groups (broad SMARTS) is 1. The number of carbonyl (C=O) groups is 1. The second kappa shape index (κ2) is 17.4. The van der Waals surface area contributed by atoms with Crippen LogP contribution in [0, 0.1) is 18.3 Å². The molecule has 2 fully saturated rings. The van der Waals surface area contributed by atoms with Crippen LogP contribution in [0.2, 0.25) is 0 Å². The van der Waals surface area contributed by atoms with Gasteiger partial charge in [-0.2, -0.15) is 23.5 Å². The number of aromatic nitrogens is 2. The zero-order valence-corrected chi connectivity index (χ0v) is 29.6. The van der Waals surface area contributed by atoms with Crippen molar-refractivity contribution in [1.29, 1.82) is 5.26 Å². The number of rotatable bonds is 16. The molecule has 0 amide bonds. The fourth-order valence-electron chi connectivity index (χ4n) is 6.31. The number of aryl methyl sites for hydroxylation is 1. The van der Waals surface area contributed by atoms with Gasteiger partial charge in [0, 0.05) is 12.6 Å². The van der Waals surface area contributed by atoms with Gasteiger partial charge in [-0.05, 0) is 56.8 Å². The molecule has 9 nitrogen and oxygen atoms in total. The Balaban J connectivity index is 0.000000295. The number of sulfone groups is 1. The van der Waals surface area contributed by atoms with E-state index >= 15 is 0 Å². The Kier molecular flexibility index (Phi) is 13.5. The topological polar surface area (TPSA) is 128 Å². The molecule has 5 rings (SSSR count). The molecule has 0 spiro atoms. The number of halogens is 3. The van der Waals surface area contributed by atoms with E-state index in [2.05, 4.69) is 23.4 Å². The lowest BCUT2D eigenvalue weighted by atomic mass is 10.1. The van der Waals surface area contributed by atoms with Gasteiger partial charge in [0.15, 0.2) is 9.84 Å². The molecule has 2 aromatic carbocycles. The number of hydrogen-bond acceptors (Lipinski definition) is 7. The van der Waals surface area contributed by atoms with Crippen molar-refractivity contribution in [2.24, 2.45) is 0 Å². The third-order valence-electron chi connectivity index (χ3n) is 9.29. The van der Waals surface area contributed by atoms with Gasteiger partial charge in [0.25, 0.3) is 0 Å². The van der Waals surface area contributed by atoms with Crippen molar-refractivity contribution in [3.05, 3.63) is 77.5 Å². The number of carboxylic acids is 1. The number of nitrogens with one attached hydrogen (secondary N) is 1. The minimum Gasteiger partial charge on any atom is -0.480 e. The predicted octanol–water partition coefficient (Wildman–Crippen LogP) is 7.54. The third kappa shape index (κ3) is 10.3. The highest BCUT2D eigenvalue weighted by Crippen LogP contribution is 2.39. The molecule has 2 aliphatic rings. The Bertz CT molecular complexity index is 1700. The van der Waals surface area contributed by atoms with E-state index in [1.807, 2.05) is 30.3 Å². The molecule has 2 heterocycles. The highest BCUT2D eigenvalue weighted by Gasteiger charge is 2.47. The standard InChI is InChI=1S/C23H22F3N3O4S.C14H26N2/c1-15-11-21(29(27-15)13-16-7-3-2-4-8-16)28-14-17(12-19(28)22(30)31)34(32,33)20-10-6-5-9-18(20)23(24,25)26;1-2-3-4-5-6-7-8-9-12-16-14(13-15)10-11-14/h2-11,17,19H,12-14H2,1H3,(H,30,31);16H,2-12H2,1H3/t17-,19-;/m1./s1. The van der Waals surface area contributed by atoms with Crippen molar-refractivity contribution in [2.75, 3.05) is 18.0 Å². The maximum Gasteiger partial charge on any atom is 0.417 e. The summed E-state index contributed by atoms with van der Waals surface area (Å²) in [4.78, 5) is 12.6. The molecule has 0 unspecified atom stereocenters. The number of benzene rings is 2. The largest absolute Gasteiger partial charge is 0.480 e. The maximum absolute atomic E-state index is 13.5. The summed E-state index contributed by atoms with van der Waals surface area (Å²) in [5, 5.41) is 25.1. The molecule has 3 aromatic rings. The molecule has 50 heavy (non-hydrogen) atoms. The van der Waals surface area contributed by atoms with Crippen molar-refractivity contribution in [3.63, 3.8) is 0 Å². The number of nitrogens with zero attached hydrogens (tertiary/aromatic N) is 4. The average Bonchev–Trinajstić information content (AvgIpc) is 3.56. The van der Waals surface area contributed by atoms with Crippen LogP contribution in [0.25, 0.3) is 0 Å². The van der Waals surface area contributed by atoms with Gasteiger partial charge in [0.2, 0.25) is 0 Å². The van der Waals surface area contributed by atoms with E-state index in [4.69, 9.17) is 5.26 Å². The normalized spacial score (nSPS) is 18.3. The van der Waals surface area contributed by atoms with Crippen LogP contribution in [-0.2, 0) is 27.4 Å². The zero-order chi connectivity index (χ0) is 36.4. The second-order valence-corrected chi connectivity index (χ2v) is 15.5. The molecule has 1 aromatic heterocycles. The van der Waals surface area contributed by atoms with Gasteiger partial charge in [-0.15, -0.1) is 0 Å². The van der Waals surface area contributed by atoms with E-state index in [0.717, 1.165) is 37.1 Å². The monoisotopic (exact) mass is 715 g/mol. The van der Waals surface area contributed by atoms with Gasteiger partial charge in [-0.3, -0.25) is 5.32 Å². The molecular formula is C37H48F3N5O4S. The smallest absolute Gasteiger partial charge is 0.417 e. The minimum absolute atomic E-state index is 0.110. The van der Waals surface area contributed by atoms with Crippen LogP contribution in [0.1, 0.15) is 94.4 Å². The highest BCUT2D eigenvalue weighted by atomic mass is 32.2. The van der Waals surface area contributed by atoms with Gasteiger partial charge in [-0.1, -0.05) is 94.3 Å². The molecular weight excluding hydrogens is 667 g/mol. The first kappa shape index (κ1) is 38.9. The molecule has 1 aliphatic carbocycles. The Labute approximate surface area is 293 Å². The Morgan fingerprint density at radius 1 is 1.02 bits per heavy atom. The molecule has 13 heteroatoms. The Morgan fingerprint density at radius 3 is 2.24 bits per heavy atom. The lowest BCUT2D eigenvalue weighted by Gasteiger charge is -2.24. The van der Waals surface area contributed by atoms with Crippen molar-refractivity contribution in [3.8, 4) is 6.07 Å².